The molecule has 6 nitrogen and oxygen atoms in total. The van der Waals surface area contributed by atoms with Gasteiger partial charge in [0.2, 0.25) is 11.2 Å². The second kappa shape index (κ2) is 5.82. The Morgan fingerprint density at radius 2 is 1.71 bits per heavy atom. The maximum absolute atomic E-state index is 5.93. The van der Waals surface area contributed by atoms with Gasteiger partial charge >= 0.3 is 0 Å². The minimum Gasteiger partial charge on any atom is -0.438 e. The monoisotopic (exact) mass is 337 g/mol. The average molecular weight is 338 g/mol. The van der Waals surface area contributed by atoms with Crippen LogP contribution in [0.5, 0.6) is 11.6 Å². The molecule has 24 heavy (non-hydrogen) atoms. The largest absolute Gasteiger partial charge is 0.438 e. The zero-order chi connectivity index (χ0) is 16.5. The first-order valence-corrected chi connectivity index (χ1v) is 7.59. The molecule has 0 fully saturated rings. The molecular formula is C17H12ClN5O. The fourth-order valence-electron chi connectivity index (χ4n) is 2.38. The summed E-state index contributed by atoms with van der Waals surface area (Å²) in [7, 11) is 0. The molecule has 0 unspecified atom stereocenters. The number of fused-ring (bicyclic) bond motifs is 1. The lowest BCUT2D eigenvalue weighted by Crippen LogP contribution is -1.95. The molecule has 0 bridgehead atoms. The summed E-state index contributed by atoms with van der Waals surface area (Å²) in [6.45, 7) is 0. The third-order valence-electron chi connectivity index (χ3n) is 3.48. The summed E-state index contributed by atoms with van der Waals surface area (Å²) in [6, 6.07) is 18.8. The Bertz CT molecular complexity index is 1030. The smallest absolute Gasteiger partial charge is 0.246 e. The van der Waals surface area contributed by atoms with Crippen LogP contribution in [0.25, 0.3) is 16.8 Å². The average Bonchev–Trinajstić information content (AvgIpc) is 2.96. The molecule has 2 heterocycles. The Morgan fingerprint density at radius 3 is 2.54 bits per heavy atom. The summed E-state index contributed by atoms with van der Waals surface area (Å²) < 4.78 is 7.24. The molecule has 0 atom stereocenters. The van der Waals surface area contributed by atoms with Gasteiger partial charge in [-0.15, -0.1) is 15.3 Å². The molecule has 0 spiro atoms. The molecule has 0 radical (unpaired) electrons. The molecule has 0 saturated heterocycles. The van der Waals surface area contributed by atoms with E-state index in [1.165, 1.54) is 4.52 Å². The lowest BCUT2D eigenvalue weighted by molar-refractivity contribution is 0.452. The van der Waals surface area contributed by atoms with Gasteiger partial charge in [0.25, 0.3) is 0 Å². The van der Waals surface area contributed by atoms with Crippen molar-refractivity contribution in [3.63, 3.8) is 0 Å². The Kier molecular flexibility index (Phi) is 3.51. The fourth-order valence-corrected chi connectivity index (χ4v) is 2.54. The number of hydrogen-bond acceptors (Lipinski definition) is 5. The Morgan fingerprint density at radius 1 is 0.917 bits per heavy atom. The molecule has 2 N–H and O–H groups in total. The van der Waals surface area contributed by atoms with Crippen molar-refractivity contribution in [3.8, 4) is 22.8 Å². The van der Waals surface area contributed by atoms with E-state index in [0.29, 0.717) is 23.0 Å². The quantitative estimate of drug-likeness (QED) is 0.575. The lowest BCUT2D eigenvalue weighted by atomic mass is 10.1. The predicted molar refractivity (Wildman–Crippen MR) is 92.2 cm³/mol. The van der Waals surface area contributed by atoms with Crippen molar-refractivity contribution in [2.24, 2.45) is 0 Å². The van der Waals surface area contributed by atoms with E-state index in [1.54, 1.807) is 12.1 Å². The van der Waals surface area contributed by atoms with Crippen molar-refractivity contribution in [1.29, 1.82) is 0 Å². The standard InChI is InChI=1S/C17H12ClN5O/c18-17-21-20-15-7-8-16(22-23(15)17)24-14-6-2-4-12(10-14)11-3-1-5-13(19)9-11/h1-10H,19H2. The summed E-state index contributed by atoms with van der Waals surface area (Å²) >= 11 is 5.93. The fraction of sp³-hybridized carbons (Fsp3) is 0. The molecule has 118 valence electrons. The van der Waals surface area contributed by atoms with E-state index in [0.717, 1.165) is 11.1 Å². The van der Waals surface area contributed by atoms with Crippen LogP contribution in [0.4, 0.5) is 5.69 Å². The first kappa shape index (κ1) is 14.5. The molecule has 2 aromatic heterocycles. The number of benzene rings is 2. The third kappa shape index (κ3) is 2.75. The predicted octanol–water partition coefficient (Wildman–Crippen LogP) is 3.82. The summed E-state index contributed by atoms with van der Waals surface area (Å²) in [5, 5.41) is 12.1. The van der Waals surface area contributed by atoms with Gasteiger partial charge < -0.3 is 10.5 Å². The molecule has 7 heteroatoms. The minimum absolute atomic E-state index is 0.184. The zero-order valence-electron chi connectivity index (χ0n) is 12.4. The summed E-state index contributed by atoms with van der Waals surface area (Å²) in [5.74, 6) is 1.06. The summed E-state index contributed by atoms with van der Waals surface area (Å²) in [5.41, 5.74) is 9.14. The summed E-state index contributed by atoms with van der Waals surface area (Å²) in [6.07, 6.45) is 0. The van der Waals surface area contributed by atoms with Crippen molar-refractivity contribution in [1.82, 2.24) is 19.8 Å². The highest BCUT2D eigenvalue weighted by Crippen LogP contribution is 2.27. The van der Waals surface area contributed by atoms with Crippen LogP contribution in [0, 0.1) is 0 Å². The number of nitrogens with two attached hydrogens (primary N) is 1. The number of anilines is 1. The van der Waals surface area contributed by atoms with E-state index in [4.69, 9.17) is 22.1 Å². The van der Waals surface area contributed by atoms with E-state index < -0.39 is 0 Å². The highest BCUT2D eigenvalue weighted by Gasteiger charge is 2.07. The van der Waals surface area contributed by atoms with E-state index in [-0.39, 0.29) is 5.28 Å². The normalized spacial score (nSPS) is 10.9. The van der Waals surface area contributed by atoms with Gasteiger partial charge in [-0.25, -0.2) is 0 Å². The number of ether oxygens (including phenoxy) is 1. The van der Waals surface area contributed by atoms with Gasteiger partial charge in [0, 0.05) is 11.8 Å². The third-order valence-corrected chi connectivity index (χ3v) is 3.71. The van der Waals surface area contributed by atoms with Crippen molar-refractivity contribution >= 4 is 22.9 Å². The van der Waals surface area contributed by atoms with Gasteiger partial charge in [0.15, 0.2) is 5.65 Å². The topological polar surface area (TPSA) is 78.3 Å². The molecule has 4 aromatic rings. The highest BCUT2D eigenvalue weighted by atomic mass is 35.5. The van der Waals surface area contributed by atoms with Crippen LogP contribution in [-0.4, -0.2) is 19.8 Å². The maximum atomic E-state index is 5.93. The molecule has 2 aromatic carbocycles. The Hall–Kier alpha value is -3.12. The first-order valence-electron chi connectivity index (χ1n) is 7.21. The van der Waals surface area contributed by atoms with E-state index in [9.17, 15) is 0 Å². The van der Waals surface area contributed by atoms with Crippen molar-refractivity contribution in [3.05, 3.63) is 65.9 Å². The van der Waals surface area contributed by atoms with Crippen LogP contribution >= 0.6 is 11.6 Å². The number of halogens is 1. The van der Waals surface area contributed by atoms with E-state index >= 15 is 0 Å². The molecule has 4 rings (SSSR count). The molecule has 0 aliphatic carbocycles. The number of nitrogen functional groups attached to an aromatic ring is 1. The summed E-state index contributed by atoms with van der Waals surface area (Å²) in [4.78, 5) is 0. The Balaban J connectivity index is 1.66. The SMILES string of the molecule is Nc1cccc(-c2cccc(Oc3ccc4nnc(Cl)n4n3)c2)c1. The number of hydrogen-bond donors (Lipinski definition) is 1. The number of nitrogens with zero attached hydrogens (tertiary/aromatic N) is 4. The van der Waals surface area contributed by atoms with Crippen LogP contribution < -0.4 is 10.5 Å². The second-order valence-electron chi connectivity index (χ2n) is 5.17. The number of rotatable bonds is 3. The van der Waals surface area contributed by atoms with Gasteiger partial charge in [0.05, 0.1) is 0 Å². The highest BCUT2D eigenvalue weighted by molar-refractivity contribution is 6.28. The molecule has 0 saturated carbocycles. The lowest BCUT2D eigenvalue weighted by Gasteiger charge is -2.08. The van der Waals surface area contributed by atoms with Crippen LogP contribution in [0.15, 0.2) is 60.7 Å². The van der Waals surface area contributed by atoms with Crippen LogP contribution in [0.2, 0.25) is 5.28 Å². The van der Waals surface area contributed by atoms with Crippen molar-refractivity contribution in [2.75, 3.05) is 5.73 Å². The van der Waals surface area contributed by atoms with Gasteiger partial charge in [-0.3, -0.25) is 0 Å². The van der Waals surface area contributed by atoms with Gasteiger partial charge in [-0.05, 0) is 53.1 Å². The van der Waals surface area contributed by atoms with Crippen molar-refractivity contribution in [2.45, 2.75) is 0 Å². The van der Waals surface area contributed by atoms with E-state index in [1.807, 2.05) is 48.5 Å². The van der Waals surface area contributed by atoms with Crippen LogP contribution in [0.1, 0.15) is 0 Å². The van der Waals surface area contributed by atoms with Crippen LogP contribution in [-0.2, 0) is 0 Å². The maximum Gasteiger partial charge on any atom is 0.246 e. The first-order chi connectivity index (χ1) is 11.7. The van der Waals surface area contributed by atoms with Crippen molar-refractivity contribution < 1.29 is 4.74 Å². The molecular weight excluding hydrogens is 326 g/mol. The van der Waals surface area contributed by atoms with Crippen LogP contribution in [0.3, 0.4) is 0 Å². The zero-order valence-corrected chi connectivity index (χ0v) is 13.2. The Labute approximate surface area is 142 Å². The molecule has 0 aliphatic heterocycles. The number of aromatic nitrogens is 4. The van der Waals surface area contributed by atoms with Gasteiger partial charge in [-0.2, -0.15) is 4.52 Å². The minimum atomic E-state index is 0.184. The second-order valence-corrected chi connectivity index (χ2v) is 5.50. The van der Waals surface area contributed by atoms with Gasteiger partial charge in [-0.1, -0.05) is 24.3 Å². The van der Waals surface area contributed by atoms with Gasteiger partial charge in [0.1, 0.15) is 5.75 Å². The molecule has 0 aliphatic rings. The molecule has 0 amide bonds. The van der Waals surface area contributed by atoms with E-state index in [2.05, 4.69) is 15.3 Å².